The van der Waals surface area contributed by atoms with Gasteiger partial charge in [0, 0.05) is 10.6 Å². The minimum absolute atomic E-state index is 0. The van der Waals surface area contributed by atoms with E-state index < -0.39 is 11.1 Å². The van der Waals surface area contributed by atoms with Gasteiger partial charge in [-0.05, 0) is 29.3 Å². The van der Waals surface area contributed by atoms with Crippen LogP contribution >= 0.6 is 0 Å². The summed E-state index contributed by atoms with van der Waals surface area (Å²) in [6.45, 7) is 0. The summed E-state index contributed by atoms with van der Waals surface area (Å²) in [5, 5.41) is 0. The van der Waals surface area contributed by atoms with Crippen molar-refractivity contribution in [2.45, 2.75) is 12.3 Å². The maximum absolute atomic E-state index is 10.3. The molecule has 0 aliphatic carbocycles. The lowest BCUT2D eigenvalue weighted by Gasteiger charge is -2.03. The van der Waals surface area contributed by atoms with Crippen LogP contribution in [0.25, 0.3) is 0 Å². The first-order valence-corrected chi connectivity index (χ1v) is 3.72. The molecular formula is C7H10NO2S-. The molecule has 0 radical (unpaired) electrons. The van der Waals surface area contributed by atoms with Crippen LogP contribution in [0.2, 0.25) is 0 Å². The molecule has 1 rings (SSSR count). The van der Waals surface area contributed by atoms with E-state index in [0.29, 0.717) is 5.69 Å². The van der Waals surface area contributed by atoms with Crippen molar-refractivity contribution in [2.75, 3.05) is 5.73 Å². The van der Waals surface area contributed by atoms with E-state index in [0.717, 1.165) is 0 Å². The third-order valence-electron chi connectivity index (χ3n) is 1.05. The maximum atomic E-state index is 10.3. The second-order valence-electron chi connectivity index (χ2n) is 1.81. The second-order valence-corrected chi connectivity index (χ2v) is 2.75. The fraction of sp³-hybridized carbons (Fsp3) is 0.143. The van der Waals surface area contributed by atoms with Crippen molar-refractivity contribution in [2.24, 2.45) is 0 Å². The van der Waals surface area contributed by atoms with Crippen LogP contribution in [0.3, 0.4) is 0 Å². The molecule has 11 heavy (non-hydrogen) atoms. The van der Waals surface area contributed by atoms with E-state index in [1.807, 2.05) is 0 Å². The lowest BCUT2D eigenvalue weighted by Crippen LogP contribution is -1.90. The average molecular weight is 172 g/mol. The molecule has 1 atom stereocenters. The van der Waals surface area contributed by atoms with Crippen LogP contribution in [0.5, 0.6) is 0 Å². The minimum Gasteiger partial charge on any atom is -0.768 e. The Balaban J connectivity index is 0.000001000. The Morgan fingerprint density at radius 3 is 2.45 bits per heavy atom. The predicted octanol–water partition coefficient (Wildman–Crippen LogP) is 1.14. The summed E-state index contributed by atoms with van der Waals surface area (Å²) in [7, 11) is 0. The van der Waals surface area contributed by atoms with Gasteiger partial charge in [0.05, 0.1) is 0 Å². The number of nitrogen functional groups attached to an aromatic ring is 1. The highest BCUT2D eigenvalue weighted by Crippen LogP contribution is 2.08. The highest BCUT2D eigenvalue weighted by Gasteiger charge is 1.90. The van der Waals surface area contributed by atoms with Gasteiger partial charge in [-0.15, -0.1) is 0 Å². The smallest absolute Gasteiger partial charge is 0.0325 e. The zero-order chi connectivity index (χ0) is 7.56. The molecule has 1 unspecified atom stereocenters. The van der Waals surface area contributed by atoms with Crippen molar-refractivity contribution < 1.29 is 8.76 Å². The molecule has 3 nitrogen and oxygen atoms in total. The maximum Gasteiger partial charge on any atom is 0.0325 e. The Hall–Kier alpha value is -0.870. The molecule has 1 aromatic rings. The molecule has 0 aliphatic heterocycles. The Labute approximate surface area is 68.5 Å². The summed E-state index contributed by atoms with van der Waals surface area (Å²) in [5.41, 5.74) is 5.78. The molecular weight excluding hydrogens is 162 g/mol. The molecule has 0 saturated heterocycles. The molecule has 0 amide bonds. The van der Waals surface area contributed by atoms with Crippen LogP contribution in [-0.4, -0.2) is 8.76 Å². The topological polar surface area (TPSA) is 66.2 Å². The number of hydrogen-bond acceptors (Lipinski definition) is 3. The van der Waals surface area contributed by atoms with Crippen LogP contribution in [-0.2, 0) is 11.1 Å². The van der Waals surface area contributed by atoms with Crippen molar-refractivity contribution >= 4 is 16.8 Å². The standard InChI is InChI=1S/C6H7NO2S.CH4/c7-5-2-1-3-6(4-5)10(8)9;/h1-4H,7H2,(H,8,9);1H4/p-1. The quantitative estimate of drug-likeness (QED) is 0.510. The third-order valence-corrected chi connectivity index (χ3v) is 1.69. The van der Waals surface area contributed by atoms with Gasteiger partial charge in [-0.1, -0.05) is 13.5 Å². The van der Waals surface area contributed by atoms with Crippen LogP contribution in [0.15, 0.2) is 29.2 Å². The van der Waals surface area contributed by atoms with Crippen LogP contribution in [0, 0.1) is 0 Å². The average Bonchev–Trinajstić information content (AvgIpc) is 1.88. The Kier molecular flexibility index (Phi) is 3.78. The Morgan fingerprint density at radius 1 is 1.45 bits per heavy atom. The Bertz CT molecular complexity index is 262. The summed E-state index contributed by atoms with van der Waals surface area (Å²) >= 11 is -2.17. The monoisotopic (exact) mass is 172 g/mol. The summed E-state index contributed by atoms with van der Waals surface area (Å²) in [6.07, 6.45) is 0. The van der Waals surface area contributed by atoms with E-state index >= 15 is 0 Å². The lowest BCUT2D eigenvalue weighted by atomic mass is 10.3. The first-order valence-electron chi connectivity index (χ1n) is 2.65. The third kappa shape index (κ3) is 2.69. The van der Waals surface area contributed by atoms with Gasteiger partial charge in [0.1, 0.15) is 0 Å². The second kappa shape index (κ2) is 4.10. The molecule has 4 heteroatoms. The van der Waals surface area contributed by atoms with Gasteiger partial charge < -0.3 is 10.3 Å². The number of rotatable bonds is 1. The van der Waals surface area contributed by atoms with E-state index in [1.54, 1.807) is 12.1 Å². The first kappa shape index (κ1) is 10.1. The molecule has 0 saturated carbocycles. The molecule has 0 bridgehead atoms. The van der Waals surface area contributed by atoms with Crippen molar-refractivity contribution in [3.8, 4) is 0 Å². The van der Waals surface area contributed by atoms with Crippen LogP contribution in [0.4, 0.5) is 5.69 Å². The van der Waals surface area contributed by atoms with Crippen LogP contribution in [0.1, 0.15) is 7.43 Å². The molecule has 2 N–H and O–H groups in total. The summed E-state index contributed by atoms with van der Waals surface area (Å²) in [4.78, 5) is 0.222. The van der Waals surface area contributed by atoms with Gasteiger partial charge in [0.15, 0.2) is 0 Å². The van der Waals surface area contributed by atoms with Crippen molar-refractivity contribution in [3.05, 3.63) is 24.3 Å². The SMILES string of the molecule is C.Nc1cccc(S(=O)[O-])c1. The summed E-state index contributed by atoms with van der Waals surface area (Å²) in [6, 6.07) is 6.12. The molecule has 0 fully saturated rings. The fourth-order valence-corrected chi connectivity index (χ4v) is 1.04. The van der Waals surface area contributed by atoms with Gasteiger partial charge in [-0.2, -0.15) is 0 Å². The van der Waals surface area contributed by atoms with E-state index in [2.05, 4.69) is 0 Å². The number of benzene rings is 1. The molecule has 62 valence electrons. The zero-order valence-electron chi connectivity index (χ0n) is 5.11. The van der Waals surface area contributed by atoms with Gasteiger partial charge in [0.25, 0.3) is 0 Å². The van der Waals surface area contributed by atoms with Crippen molar-refractivity contribution in [1.82, 2.24) is 0 Å². The zero-order valence-corrected chi connectivity index (χ0v) is 5.93. The largest absolute Gasteiger partial charge is 0.768 e. The van der Waals surface area contributed by atoms with Crippen molar-refractivity contribution in [1.29, 1.82) is 0 Å². The van der Waals surface area contributed by atoms with E-state index in [-0.39, 0.29) is 12.3 Å². The highest BCUT2D eigenvalue weighted by atomic mass is 32.2. The van der Waals surface area contributed by atoms with Gasteiger partial charge >= 0.3 is 0 Å². The minimum atomic E-state index is -2.17. The van der Waals surface area contributed by atoms with E-state index in [4.69, 9.17) is 5.73 Å². The summed E-state index contributed by atoms with van der Waals surface area (Å²) < 4.78 is 20.6. The highest BCUT2D eigenvalue weighted by molar-refractivity contribution is 7.79. The molecule has 0 aliphatic rings. The lowest BCUT2D eigenvalue weighted by molar-refractivity contribution is 0.537. The van der Waals surface area contributed by atoms with E-state index in [1.165, 1.54) is 12.1 Å². The van der Waals surface area contributed by atoms with Gasteiger partial charge in [0.2, 0.25) is 0 Å². The van der Waals surface area contributed by atoms with Gasteiger partial charge in [-0.25, -0.2) is 0 Å². The number of anilines is 1. The fourth-order valence-electron chi connectivity index (χ4n) is 0.618. The molecule has 0 spiro atoms. The first-order chi connectivity index (χ1) is 4.70. The Morgan fingerprint density at radius 2 is 2.09 bits per heavy atom. The number of nitrogens with two attached hydrogens (primary N) is 1. The normalized spacial score (nSPS) is 11.7. The molecule has 0 aromatic heterocycles. The van der Waals surface area contributed by atoms with Gasteiger partial charge in [-0.3, -0.25) is 4.21 Å². The van der Waals surface area contributed by atoms with E-state index in [9.17, 15) is 8.76 Å². The van der Waals surface area contributed by atoms with Crippen molar-refractivity contribution in [3.63, 3.8) is 0 Å². The number of hydrogen-bond donors (Lipinski definition) is 1. The molecule has 0 heterocycles. The van der Waals surface area contributed by atoms with Crippen LogP contribution < -0.4 is 5.73 Å². The molecule has 1 aromatic carbocycles. The summed E-state index contributed by atoms with van der Waals surface area (Å²) in [5.74, 6) is 0. The predicted molar refractivity (Wildman–Crippen MR) is 44.8 cm³/mol.